The summed E-state index contributed by atoms with van der Waals surface area (Å²) in [4.78, 5) is 16.7. The minimum Gasteiger partial charge on any atom is -0.396 e. The predicted octanol–water partition coefficient (Wildman–Crippen LogP) is 5.89. The Morgan fingerprint density at radius 2 is 1.84 bits per heavy atom. The highest BCUT2D eigenvalue weighted by atomic mass is 19.1. The van der Waals surface area contributed by atoms with Crippen molar-refractivity contribution >= 4 is 28.8 Å². The molecule has 1 amide bonds. The van der Waals surface area contributed by atoms with Crippen LogP contribution in [-0.2, 0) is 0 Å². The number of carbonyl (C=O) groups is 1. The minimum absolute atomic E-state index is 0.253. The fourth-order valence-corrected chi connectivity index (χ4v) is 3.11. The van der Waals surface area contributed by atoms with Crippen LogP contribution in [-0.4, -0.2) is 10.9 Å². The van der Waals surface area contributed by atoms with E-state index in [1.165, 1.54) is 18.3 Å². The first kappa shape index (κ1) is 22.9. The van der Waals surface area contributed by atoms with Crippen LogP contribution >= 0.6 is 0 Å². The number of nitrogens with one attached hydrogen (secondary N) is 2. The molecule has 1 aromatic heterocycles. The molecule has 4 N–H and O–H groups in total. The van der Waals surface area contributed by atoms with E-state index in [0.29, 0.717) is 16.9 Å². The standard InChI is InChI=1S/C24H23F3N4O/c1-4-13(2)22(15-6-5-7-16(25)11-15)31-23-14(3)10-17(12-29-23)30-24(32)20-18(26)8-9-19(28)21(20)27/h5-12H,4,28H2,1-3H3,(H,29,31)(H,30,32)/b22-13+. The number of nitrogens with zero attached hydrogens (tertiary/aromatic N) is 1. The van der Waals surface area contributed by atoms with Crippen molar-refractivity contribution in [3.63, 3.8) is 0 Å². The summed E-state index contributed by atoms with van der Waals surface area (Å²) >= 11 is 0. The maximum Gasteiger partial charge on any atom is 0.261 e. The lowest BCUT2D eigenvalue weighted by Gasteiger charge is -2.17. The van der Waals surface area contributed by atoms with Gasteiger partial charge in [-0.2, -0.15) is 0 Å². The summed E-state index contributed by atoms with van der Waals surface area (Å²) in [5.41, 5.74) is 7.66. The number of halogens is 3. The third-order valence-electron chi connectivity index (χ3n) is 5.00. The summed E-state index contributed by atoms with van der Waals surface area (Å²) in [6.07, 6.45) is 2.10. The molecule has 0 fully saturated rings. The predicted molar refractivity (Wildman–Crippen MR) is 121 cm³/mol. The topological polar surface area (TPSA) is 80.0 Å². The van der Waals surface area contributed by atoms with E-state index < -0.39 is 23.1 Å². The van der Waals surface area contributed by atoms with Crippen molar-refractivity contribution in [2.24, 2.45) is 0 Å². The van der Waals surface area contributed by atoms with E-state index in [-0.39, 0.29) is 17.2 Å². The van der Waals surface area contributed by atoms with Crippen LogP contribution in [0.4, 0.5) is 30.4 Å². The number of rotatable bonds is 6. The molecule has 0 radical (unpaired) electrons. The zero-order chi connectivity index (χ0) is 23.4. The average molecular weight is 440 g/mol. The van der Waals surface area contributed by atoms with Gasteiger partial charge in [0.25, 0.3) is 5.91 Å². The van der Waals surface area contributed by atoms with Crippen LogP contribution in [0.3, 0.4) is 0 Å². The molecular formula is C24H23F3N4O. The second-order valence-electron chi connectivity index (χ2n) is 7.31. The van der Waals surface area contributed by atoms with E-state index in [9.17, 15) is 18.0 Å². The van der Waals surface area contributed by atoms with Gasteiger partial charge in [-0.3, -0.25) is 4.79 Å². The Morgan fingerprint density at radius 1 is 1.09 bits per heavy atom. The van der Waals surface area contributed by atoms with Crippen LogP contribution in [0.15, 0.2) is 54.2 Å². The van der Waals surface area contributed by atoms with Gasteiger partial charge < -0.3 is 16.4 Å². The van der Waals surface area contributed by atoms with Gasteiger partial charge in [-0.05, 0) is 61.7 Å². The maximum absolute atomic E-state index is 14.1. The van der Waals surface area contributed by atoms with Gasteiger partial charge in [0.1, 0.15) is 23.0 Å². The smallest absolute Gasteiger partial charge is 0.261 e. The maximum atomic E-state index is 14.1. The molecule has 1 heterocycles. The lowest BCUT2D eigenvalue weighted by atomic mass is 10.0. The fourth-order valence-electron chi connectivity index (χ4n) is 3.11. The summed E-state index contributed by atoms with van der Waals surface area (Å²) in [5, 5.41) is 5.67. The molecule has 2 aromatic carbocycles. The van der Waals surface area contributed by atoms with E-state index >= 15 is 0 Å². The minimum atomic E-state index is -1.12. The molecule has 0 aliphatic rings. The van der Waals surface area contributed by atoms with E-state index in [4.69, 9.17) is 5.73 Å². The van der Waals surface area contributed by atoms with Crippen LogP contribution in [0.25, 0.3) is 5.70 Å². The molecule has 3 aromatic rings. The van der Waals surface area contributed by atoms with Gasteiger partial charge >= 0.3 is 0 Å². The van der Waals surface area contributed by atoms with Gasteiger partial charge in [0, 0.05) is 11.3 Å². The Bertz CT molecular complexity index is 1210. The third kappa shape index (κ3) is 4.91. The Balaban J connectivity index is 1.86. The Kier molecular flexibility index (Phi) is 6.82. The van der Waals surface area contributed by atoms with Crippen molar-refractivity contribution in [2.75, 3.05) is 16.4 Å². The van der Waals surface area contributed by atoms with Crippen molar-refractivity contribution in [2.45, 2.75) is 27.2 Å². The second kappa shape index (κ2) is 9.55. The van der Waals surface area contributed by atoms with Gasteiger partial charge in [-0.25, -0.2) is 18.2 Å². The molecule has 0 saturated heterocycles. The van der Waals surface area contributed by atoms with Crippen LogP contribution in [0.2, 0.25) is 0 Å². The van der Waals surface area contributed by atoms with Crippen molar-refractivity contribution in [1.82, 2.24) is 4.98 Å². The van der Waals surface area contributed by atoms with Crippen molar-refractivity contribution in [3.05, 3.63) is 88.4 Å². The molecule has 0 saturated carbocycles. The average Bonchev–Trinajstić information content (AvgIpc) is 2.75. The normalized spacial score (nSPS) is 11.7. The van der Waals surface area contributed by atoms with Crippen LogP contribution in [0.1, 0.15) is 41.8 Å². The number of carbonyl (C=O) groups excluding carboxylic acids is 1. The molecule has 5 nitrogen and oxygen atoms in total. The number of allylic oxidation sites excluding steroid dienone is 1. The number of benzene rings is 2. The van der Waals surface area contributed by atoms with Crippen molar-refractivity contribution in [3.8, 4) is 0 Å². The van der Waals surface area contributed by atoms with E-state index in [1.54, 1.807) is 25.1 Å². The number of pyridine rings is 1. The summed E-state index contributed by atoms with van der Waals surface area (Å²) < 4.78 is 41.8. The first-order valence-electron chi connectivity index (χ1n) is 9.95. The first-order chi connectivity index (χ1) is 15.2. The quantitative estimate of drug-likeness (QED) is 0.417. The van der Waals surface area contributed by atoms with Crippen LogP contribution in [0.5, 0.6) is 0 Å². The number of anilines is 3. The van der Waals surface area contributed by atoms with Crippen LogP contribution < -0.4 is 16.4 Å². The Morgan fingerprint density at radius 3 is 2.50 bits per heavy atom. The van der Waals surface area contributed by atoms with Gasteiger partial charge in [-0.1, -0.05) is 19.1 Å². The summed E-state index contributed by atoms with van der Waals surface area (Å²) in [5.74, 6) is -2.97. The molecule has 166 valence electrons. The van der Waals surface area contributed by atoms with E-state index in [1.807, 2.05) is 13.8 Å². The lowest BCUT2D eigenvalue weighted by Crippen LogP contribution is -2.17. The zero-order valence-corrected chi connectivity index (χ0v) is 17.9. The van der Waals surface area contributed by atoms with Gasteiger partial charge in [0.05, 0.1) is 17.6 Å². The number of amides is 1. The molecule has 32 heavy (non-hydrogen) atoms. The number of hydrogen-bond donors (Lipinski definition) is 3. The lowest BCUT2D eigenvalue weighted by molar-refractivity contribution is 0.101. The number of nitrogens with two attached hydrogens (primary N) is 1. The largest absolute Gasteiger partial charge is 0.396 e. The Hall–Kier alpha value is -3.81. The first-order valence-corrected chi connectivity index (χ1v) is 9.95. The van der Waals surface area contributed by atoms with Crippen molar-refractivity contribution < 1.29 is 18.0 Å². The van der Waals surface area contributed by atoms with E-state index in [2.05, 4.69) is 15.6 Å². The SMILES string of the molecule is CC/C(C)=C(/Nc1ncc(NC(=O)c2c(F)ccc(N)c2F)cc1C)c1cccc(F)c1. The number of aromatic nitrogens is 1. The van der Waals surface area contributed by atoms with E-state index in [0.717, 1.165) is 29.8 Å². The fraction of sp³-hybridized carbons (Fsp3) is 0.167. The monoisotopic (exact) mass is 440 g/mol. The molecule has 0 unspecified atom stereocenters. The molecule has 3 rings (SSSR count). The molecule has 0 aliphatic carbocycles. The van der Waals surface area contributed by atoms with Gasteiger partial charge in [-0.15, -0.1) is 0 Å². The van der Waals surface area contributed by atoms with Gasteiger partial charge in [0.15, 0.2) is 5.82 Å². The summed E-state index contributed by atoms with van der Waals surface area (Å²) in [6.45, 7) is 5.69. The molecule has 0 atom stereocenters. The summed E-state index contributed by atoms with van der Waals surface area (Å²) in [6, 6.07) is 9.82. The highest BCUT2D eigenvalue weighted by Gasteiger charge is 2.20. The molecule has 0 bridgehead atoms. The number of aryl methyl sites for hydroxylation is 1. The van der Waals surface area contributed by atoms with Gasteiger partial charge in [0.2, 0.25) is 0 Å². The number of hydrogen-bond acceptors (Lipinski definition) is 4. The highest BCUT2D eigenvalue weighted by Crippen LogP contribution is 2.26. The molecule has 0 aliphatic heterocycles. The second-order valence-corrected chi connectivity index (χ2v) is 7.31. The summed E-state index contributed by atoms with van der Waals surface area (Å²) in [7, 11) is 0. The highest BCUT2D eigenvalue weighted by molar-refractivity contribution is 6.05. The molecule has 8 heteroatoms. The third-order valence-corrected chi connectivity index (χ3v) is 5.00. The Labute approximate surface area is 184 Å². The number of nitrogen functional groups attached to an aromatic ring is 1. The van der Waals surface area contributed by atoms with Crippen molar-refractivity contribution in [1.29, 1.82) is 0 Å². The van der Waals surface area contributed by atoms with Crippen LogP contribution in [0, 0.1) is 24.4 Å². The molecule has 0 spiro atoms. The molecular weight excluding hydrogens is 417 g/mol. The zero-order valence-electron chi connectivity index (χ0n) is 17.9.